The fourth-order valence-corrected chi connectivity index (χ4v) is 1.37. The van der Waals surface area contributed by atoms with Gasteiger partial charge in [-0.3, -0.25) is 0 Å². The largest absolute Gasteiger partial charge is 0.423 e. The van der Waals surface area contributed by atoms with Gasteiger partial charge in [-0.1, -0.05) is 17.7 Å². The molecule has 0 saturated carbocycles. The van der Waals surface area contributed by atoms with Crippen LogP contribution in [0.5, 0.6) is 5.75 Å². The first-order chi connectivity index (χ1) is 5.65. The molecule has 1 aromatic carbocycles. The van der Waals surface area contributed by atoms with E-state index in [-0.39, 0.29) is 0 Å². The van der Waals surface area contributed by atoms with Crippen LogP contribution in [0.1, 0.15) is 16.7 Å². The third kappa shape index (κ3) is 1.64. The van der Waals surface area contributed by atoms with Gasteiger partial charge in [-0.15, -0.1) is 0 Å². The summed E-state index contributed by atoms with van der Waals surface area (Å²) in [6.45, 7) is 7.26. The SMILES string of the molecule is Cc1cc(C)c(O[C]=O)c(C)c1. The highest BCUT2D eigenvalue weighted by molar-refractivity contribution is 5.52. The van der Waals surface area contributed by atoms with Crippen molar-refractivity contribution in [1.82, 2.24) is 0 Å². The Kier molecular flexibility index (Phi) is 2.48. The van der Waals surface area contributed by atoms with Gasteiger partial charge < -0.3 is 4.74 Å². The Balaban J connectivity index is 3.18. The topological polar surface area (TPSA) is 26.3 Å². The molecule has 0 aromatic heterocycles. The normalized spacial score (nSPS) is 9.58. The van der Waals surface area contributed by atoms with Crippen molar-refractivity contribution >= 4 is 6.47 Å². The summed E-state index contributed by atoms with van der Waals surface area (Å²) in [6, 6.07) is 3.94. The van der Waals surface area contributed by atoms with Crippen molar-refractivity contribution in [2.24, 2.45) is 0 Å². The molecule has 1 radical (unpaired) electrons. The number of hydrogen-bond acceptors (Lipinski definition) is 2. The van der Waals surface area contributed by atoms with Crippen LogP contribution in [0, 0.1) is 20.8 Å². The number of rotatable bonds is 2. The van der Waals surface area contributed by atoms with Gasteiger partial charge in [-0.05, 0) is 31.9 Å². The molecule has 0 N–H and O–H groups in total. The van der Waals surface area contributed by atoms with Gasteiger partial charge >= 0.3 is 6.47 Å². The van der Waals surface area contributed by atoms with Crippen LogP contribution in [0.2, 0.25) is 0 Å². The highest BCUT2D eigenvalue weighted by atomic mass is 16.5. The lowest BCUT2D eigenvalue weighted by Crippen LogP contribution is -1.94. The number of benzene rings is 1. The Hall–Kier alpha value is -1.31. The minimum absolute atomic E-state index is 0.621. The van der Waals surface area contributed by atoms with Gasteiger partial charge in [0.15, 0.2) is 0 Å². The maximum Gasteiger partial charge on any atom is 0.423 e. The Morgan fingerprint density at radius 3 is 2.08 bits per heavy atom. The molecule has 0 aliphatic carbocycles. The first-order valence-corrected chi connectivity index (χ1v) is 3.77. The van der Waals surface area contributed by atoms with Crippen LogP contribution in [0.25, 0.3) is 0 Å². The highest BCUT2D eigenvalue weighted by Gasteiger charge is 2.04. The summed E-state index contributed by atoms with van der Waals surface area (Å²) in [5, 5.41) is 0. The van der Waals surface area contributed by atoms with E-state index in [1.165, 1.54) is 12.0 Å². The molecular weight excluding hydrogens is 152 g/mol. The zero-order valence-electron chi connectivity index (χ0n) is 7.47. The molecule has 0 spiro atoms. The molecule has 0 bridgehead atoms. The molecule has 0 amide bonds. The van der Waals surface area contributed by atoms with Gasteiger partial charge in [-0.25, -0.2) is 4.79 Å². The van der Waals surface area contributed by atoms with Crippen molar-refractivity contribution in [2.75, 3.05) is 0 Å². The zero-order valence-corrected chi connectivity index (χ0v) is 7.47. The van der Waals surface area contributed by atoms with E-state index in [1.807, 2.05) is 32.9 Å². The quantitative estimate of drug-likeness (QED) is 0.667. The molecular formula is C10H11O2. The van der Waals surface area contributed by atoms with Crippen molar-refractivity contribution in [3.8, 4) is 5.75 Å². The molecule has 0 heterocycles. The van der Waals surface area contributed by atoms with Crippen LogP contribution >= 0.6 is 0 Å². The maximum atomic E-state index is 10.0. The van der Waals surface area contributed by atoms with Crippen molar-refractivity contribution in [2.45, 2.75) is 20.8 Å². The molecule has 12 heavy (non-hydrogen) atoms. The maximum absolute atomic E-state index is 10.0. The number of carbonyl (C=O) groups excluding carboxylic acids is 1. The summed E-state index contributed by atoms with van der Waals surface area (Å²) in [7, 11) is 0. The molecule has 63 valence electrons. The van der Waals surface area contributed by atoms with Crippen molar-refractivity contribution < 1.29 is 9.53 Å². The van der Waals surface area contributed by atoms with Crippen molar-refractivity contribution in [3.63, 3.8) is 0 Å². The summed E-state index contributed by atoms with van der Waals surface area (Å²) in [4.78, 5) is 10.0. The predicted octanol–water partition coefficient (Wildman–Crippen LogP) is 2.06. The number of aryl methyl sites for hydroxylation is 3. The molecule has 2 heteroatoms. The Bertz CT molecular complexity index is 280. The molecule has 0 saturated heterocycles. The first kappa shape index (κ1) is 8.78. The lowest BCUT2D eigenvalue weighted by molar-refractivity contribution is 0.439. The molecule has 0 atom stereocenters. The van der Waals surface area contributed by atoms with Gasteiger partial charge in [0.05, 0.1) is 0 Å². The van der Waals surface area contributed by atoms with Crippen molar-refractivity contribution in [1.29, 1.82) is 0 Å². The summed E-state index contributed by atoms with van der Waals surface area (Å²) in [6.07, 6.45) is 0. The van der Waals surface area contributed by atoms with Gasteiger partial charge in [0, 0.05) is 0 Å². The van der Waals surface area contributed by atoms with Crippen LogP contribution in [-0.2, 0) is 4.79 Å². The van der Waals surface area contributed by atoms with E-state index < -0.39 is 0 Å². The van der Waals surface area contributed by atoms with Gasteiger partial charge in [-0.2, -0.15) is 0 Å². The second-order valence-electron chi connectivity index (χ2n) is 2.91. The van der Waals surface area contributed by atoms with E-state index in [1.54, 1.807) is 0 Å². The average Bonchev–Trinajstić information content (AvgIpc) is 1.96. The van der Waals surface area contributed by atoms with E-state index >= 15 is 0 Å². The Labute approximate surface area is 72.2 Å². The smallest absolute Gasteiger partial charge is 0.418 e. The van der Waals surface area contributed by atoms with Crippen LogP contribution in [0.3, 0.4) is 0 Å². The fraction of sp³-hybridized carbons (Fsp3) is 0.300. The Morgan fingerprint density at radius 1 is 1.17 bits per heavy atom. The molecule has 1 rings (SSSR count). The average molecular weight is 163 g/mol. The minimum atomic E-state index is 0.621. The van der Waals surface area contributed by atoms with Crippen LogP contribution < -0.4 is 4.74 Å². The van der Waals surface area contributed by atoms with E-state index in [0.717, 1.165) is 11.1 Å². The van der Waals surface area contributed by atoms with Gasteiger partial charge in [0.25, 0.3) is 0 Å². The third-order valence-corrected chi connectivity index (χ3v) is 1.75. The molecule has 1 aromatic rings. The predicted molar refractivity (Wildman–Crippen MR) is 47.0 cm³/mol. The third-order valence-electron chi connectivity index (χ3n) is 1.75. The van der Waals surface area contributed by atoms with E-state index in [0.29, 0.717) is 5.75 Å². The molecule has 0 fully saturated rings. The number of hydrogen-bond donors (Lipinski definition) is 0. The molecule has 0 unspecified atom stereocenters. The van der Waals surface area contributed by atoms with Crippen molar-refractivity contribution in [3.05, 3.63) is 28.8 Å². The lowest BCUT2D eigenvalue weighted by Gasteiger charge is -2.06. The summed E-state index contributed by atoms with van der Waals surface area (Å²) in [5.41, 5.74) is 3.11. The minimum Gasteiger partial charge on any atom is -0.418 e. The summed E-state index contributed by atoms with van der Waals surface area (Å²) >= 11 is 0. The van der Waals surface area contributed by atoms with Crippen LogP contribution in [0.15, 0.2) is 12.1 Å². The fourth-order valence-electron chi connectivity index (χ4n) is 1.37. The second kappa shape index (κ2) is 3.39. The van der Waals surface area contributed by atoms with E-state index in [4.69, 9.17) is 4.74 Å². The Morgan fingerprint density at radius 2 is 1.67 bits per heavy atom. The van der Waals surface area contributed by atoms with E-state index in [2.05, 4.69) is 0 Å². The molecule has 0 aliphatic heterocycles. The standard InChI is InChI=1S/C10H11O2/c1-7-4-8(2)10(12-6-11)9(3)5-7/h4-5H,1-3H3. The summed E-state index contributed by atoms with van der Waals surface area (Å²) < 4.78 is 4.72. The lowest BCUT2D eigenvalue weighted by atomic mass is 10.1. The van der Waals surface area contributed by atoms with Gasteiger partial charge in [0.1, 0.15) is 5.75 Å². The zero-order chi connectivity index (χ0) is 9.14. The number of ether oxygens (including phenoxy) is 1. The second-order valence-corrected chi connectivity index (χ2v) is 2.91. The molecule has 0 aliphatic rings. The molecule has 2 nitrogen and oxygen atoms in total. The summed E-state index contributed by atoms with van der Waals surface area (Å²) in [5.74, 6) is 0.621. The van der Waals surface area contributed by atoms with Crippen LogP contribution in [0.4, 0.5) is 0 Å². The monoisotopic (exact) mass is 163 g/mol. The first-order valence-electron chi connectivity index (χ1n) is 3.77. The van der Waals surface area contributed by atoms with E-state index in [9.17, 15) is 4.79 Å². The van der Waals surface area contributed by atoms with Crippen LogP contribution in [-0.4, -0.2) is 6.47 Å². The highest BCUT2D eigenvalue weighted by Crippen LogP contribution is 2.23. The van der Waals surface area contributed by atoms with Gasteiger partial charge in [0.2, 0.25) is 0 Å².